The van der Waals surface area contributed by atoms with Crippen LogP contribution in [-0.2, 0) is 7.05 Å². The lowest BCUT2D eigenvalue weighted by Gasteiger charge is -1.91. The normalized spacial score (nSPS) is 11.2. The van der Waals surface area contributed by atoms with Gasteiger partial charge in [-0.1, -0.05) is 11.3 Å². The summed E-state index contributed by atoms with van der Waals surface area (Å²) in [7, 11) is 1.85. The highest BCUT2D eigenvalue weighted by molar-refractivity contribution is 9.10. The molecule has 3 nitrogen and oxygen atoms in total. The monoisotopic (exact) mass is 249 g/mol. The number of halogens is 2. The third kappa shape index (κ3) is 2.32. The predicted octanol–water partition coefficient (Wildman–Crippen LogP) is 2.22. The number of hydrogen-bond acceptors (Lipinski definition) is 2. The molecule has 0 amide bonds. The first kappa shape index (κ1) is 9.74. The van der Waals surface area contributed by atoms with Crippen molar-refractivity contribution in [1.29, 1.82) is 0 Å². The SMILES string of the molecule is Cn1nnc(Br)c1/C=C/CCCl. The number of rotatable bonds is 3. The summed E-state index contributed by atoms with van der Waals surface area (Å²) in [4.78, 5) is 0. The van der Waals surface area contributed by atoms with Crippen LogP contribution in [0.25, 0.3) is 6.08 Å². The lowest BCUT2D eigenvalue weighted by molar-refractivity contribution is 0.709. The first-order chi connectivity index (χ1) is 5.75. The van der Waals surface area contributed by atoms with Crippen molar-refractivity contribution in [1.82, 2.24) is 15.0 Å². The summed E-state index contributed by atoms with van der Waals surface area (Å²) in [5.41, 5.74) is 0.958. The van der Waals surface area contributed by atoms with Crippen molar-refractivity contribution in [2.45, 2.75) is 6.42 Å². The minimum atomic E-state index is 0.638. The molecule has 1 heterocycles. The van der Waals surface area contributed by atoms with Crippen LogP contribution in [0.15, 0.2) is 10.7 Å². The molecule has 0 aliphatic rings. The highest BCUT2D eigenvalue weighted by Gasteiger charge is 2.01. The average Bonchev–Trinajstić information content (AvgIpc) is 2.35. The Hall–Kier alpha value is -0.350. The number of nitrogens with zero attached hydrogens (tertiary/aromatic N) is 3. The van der Waals surface area contributed by atoms with Crippen molar-refractivity contribution in [2.75, 3.05) is 5.88 Å². The molecule has 0 saturated carbocycles. The van der Waals surface area contributed by atoms with Crippen LogP contribution in [0.3, 0.4) is 0 Å². The molecule has 1 rings (SSSR count). The van der Waals surface area contributed by atoms with Crippen molar-refractivity contribution in [3.63, 3.8) is 0 Å². The maximum atomic E-state index is 5.52. The van der Waals surface area contributed by atoms with Crippen molar-refractivity contribution >= 4 is 33.6 Å². The van der Waals surface area contributed by atoms with Crippen molar-refractivity contribution in [2.24, 2.45) is 7.05 Å². The molecular formula is C7H9BrClN3. The molecule has 1 aromatic heterocycles. The van der Waals surface area contributed by atoms with Crippen molar-refractivity contribution in [3.05, 3.63) is 16.4 Å². The van der Waals surface area contributed by atoms with E-state index in [0.29, 0.717) is 5.88 Å². The average molecular weight is 251 g/mol. The summed E-state index contributed by atoms with van der Waals surface area (Å²) in [6.07, 6.45) is 4.81. The maximum Gasteiger partial charge on any atom is 0.155 e. The molecule has 0 radical (unpaired) electrons. The van der Waals surface area contributed by atoms with Crippen LogP contribution in [0.1, 0.15) is 12.1 Å². The second kappa shape index (κ2) is 4.62. The lowest BCUT2D eigenvalue weighted by atomic mass is 10.3. The molecule has 66 valence electrons. The number of alkyl halides is 1. The van der Waals surface area contributed by atoms with Gasteiger partial charge in [0.05, 0.1) is 5.69 Å². The summed E-state index contributed by atoms with van der Waals surface area (Å²) in [6, 6.07) is 0. The fourth-order valence-corrected chi connectivity index (χ4v) is 1.36. The number of allylic oxidation sites excluding steroid dienone is 1. The molecule has 0 aliphatic carbocycles. The Kier molecular flexibility index (Phi) is 3.75. The number of aromatic nitrogens is 3. The fourth-order valence-electron chi connectivity index (χ4n) is 0.774. The van der Waals surface area contributed by atoms with Gasteiger partial charge in [0.25, 0.3) is 0 Å². The summed E-state index contributed by atoms with van der Waals surface area (Å²) in [6.45, 7) is 0. The van der Waals surface area contributed by atoms with E-state index in [9.17, 15) is 0 Å². The molecule has 1 aromatic rings. The van der Waals surface area contributed by atoms with E-state index < -0.39 is 0 Å². The van der Waals surface area contributed by atoms with Gasteiger partial charge < -0.3 is 0 Å². The first-order valence-corrected chi connectivity index (χ1v) is 4.86. The smallest absolute Gasteiger partial charge is 0.155 e. The summed E-state index contributed by atoms with van der Waals surface area (Å²) in [5, 5.41) is 7.67. The molecule has 12 heavy (non-hydrogen) atoms. The second-order valence-electron chi connectivity index (χ2n) is 2.27. The standard InChI is InChI=1S/C7H9BrClN3/c1-12-6(4-2-3-5-9)7(8)10-11-12/h2,4H,3,5H2,1H3/b4-2+. The van der Waals surface area contributed by atoms with Crippen LogP contribution in [0, 0.1) is 0 Å². The maximum absolute atomic E-state index is 5.52. The van der Waals surface area contributed by atoms with E-state index in [0.717, 1.165) is 16.7 Å². The third-order valence-electron chi connectivity index (χ3n) is 1.38. The quantitative estimate of drug-likeness (QED) is 0.770. The third-order valence-corrected chi connectivity index (χ3v) is 2.16. The lowest BCUT2D eigenvalue weighted by Crippen LogP contribution is -1.92. The van der Waals surface area contributed by atoms with Crippen LogP contribution < -0.4 is 0 Å². The molecule has 0 N–H and O–H groups in total. The van der Waals surface area contributed by atoms with Gasteiger partial charge in [0.2, 0.25) is 0 Å². The molecule has 0 atom stereocenters. The molecule has 0 unspecified atom stereocenters. The van der Waals surface area contributed by atoms with Gasteiger partial charge in [0.1, 0.15) is 0 Å². The van der Waals surface area contributed by atoms with E-state index in [1.165, 1.54) is 0 Å². The molecule has 0 saturated heterocycles. The number of hydrogen-bond donors (Lipinski definition) is 0. The molecular weight excluding hydrogens is 241 g/mol. The number of aryl methyl sites for hydroxylation is 1. The van der Waals surface area contributed by atoms with E-state index in [1.54, 1.807) is 4.68 Å². The highest BCUT2D eigenvalue weighted by Crippen LogP contribution is 2.13. The van der Waals surface area contributed by atoms with Gasteiger partial charge in [0.15, 0.2) is 4.60 Å². The topological polar surface area (TPSA) is 30.7 Å². The largest absolute Gasteiger partial charge is 0.247 e. The van der Waals surface area contributed by atoms with Crippen LogP contribution in [-0.4, -0.2) is 20.9 Å². The van der Waals surface area contributed by atoms with Gasteiger partial charge in [-0.3, -0.25) is 0 Å². The van der Waals surface area contributed by atoms with E-state index in [-0.39, 0.29) is 0 Å². The van der Waals surface area contributed by atoms with E-state index in [4.69, 9.17) is 11.6 Å². The minimum absolute atomic E-state index is 0.638. The Morgan fingerprint density at radius 1 is 1.67 bits per heavy atom. The van der Waals surface area contributed by atoms with E-state index in [1.807, 2.05) is 19.2 Å². The van der Waals surface area contributed by atoms with Gasteiger partial charge in [-0.25, -0.2) is 4.68 Å². The van der Waals surface area contributed by atoms with Gasteiger partial charge in [0, 0.05) is 12.9 Å². The zero-order valence-electron chi connectivity index (χ0n) is 6.67. The zero-order valence-corrected chi connectivity index (χ0v) is 9.01. The zero-order chi connectivity index (χ0) is 8.97. The molecule has 0 aromatic carbocycles. The molecule has 0 bridgehead atoms. The Morgan fingerprint density at radius 3 is 2.92 bits per heavy atom. The van der Waals surface area contributed by atoms with Gasteiger partial charge in [-0.2, -0.15) is 0 Å². The van der Waals surface area contributed by atoms with Crippen LogP contribution in [0.5, 0.6) is 0 Å². The van der Waals surface area contributed by atoms with Crippen LogP contribution in [0.2, 0.25) is 0 Å². The molecule has 0 spiro atoms. The molecule has 0 aliphatic heterocycles. The molecule has 0 fully saturated rings. The minimum Gasteiger partial charge on any atom is -0.247 e. The summed E-state index contributed by atoms with van der Waals surface area (Å²) >= 11 is 8.81. The van der Waals surface area contributed by atoms with Gasteiger partial charge in [-0.15, -0.1) is 16.7 Å². The summed E-state index contributed by atoms with van der Waals surface area (Å²) < 4.78 is 2.46. The van der Waals surface area contributed by atoms with Crippen LogP contribution in [0.4, 0.5) is 0 Å². The Morgan fingerprint density at radius 2 is 2.42 bits per heavy atom. The Labute approximate surface area is 84.5 Å². The van der Waals surface area contributed by atoms with Gasteiger partial charge >= 0.3 is 0 Å². The van der Waals surface area contributed by atoms with E-state index in [2.05, 4.69) is 26.2 Å². The predicted molar refractivity (Wildman–Crippen MR) is 53.1 cm³/mol. The van der Waals surface area contributed by atoms with Crippen molar-refractivity contribution in [3.8, 4) is 0 Å². The molecule has 5 heteroatoms. The van der Waals surface area contributed by atoms with Crippen LogP contribution >= 0.6 is 27.5 Å². The fraction of sp³-hybridized carbons (Fsp3) is 0.429. The first-order valence-electron chi connectivity index (χ1n) is 3.53. The second-order valence-corrected chi connectivity index (χ2v) is 3.40. The summed E-state index contributed by atoms with van der Waals surface area (Å²) in [5.74, 6) is 0.638. The van der Waals surface area contributed by atoms with E-state index >= 15 is 0 Å². The van der Waals surface area contributed by atoms with Crippen molar-refractivity contribution < 1.29 is 0 Å². The Balaban J connectivity index is 2.73. The van der Waals surface area contributed by atoms with Gasteiger partial charge in [-0.05, 0) is 28.4 Å². The Bertz CT molecular complexity index is 263. The highest BCUT2D eigenvalue weighted by atomic mass is 79.9.